The fourth-order valence-electron chi connectivity index (χ4n) is 3.66. The maximum atomic E-state index is 12.7. The summed E-state index contributed by atoms with van der Waals surface area (Å²) in [5, 5.41) is 13.6. The van der Waals surface area contributed by atoms with Crippen LogP contribution < -0.4 is 5.32 Å². The maximum absolute atomic E-state index is 12.7. The van der Waals surface area contributed by atoms with Gasteiger partial charge in [0.25, 0.3) is 0 Å². The highest BCUT2D eigenvalue weighted by atomic mass is 32.2. The van der Waals surface area contributed by atoms with Crippen molar-refractivity contribution in [3.05, 3.63) is 65.6 Å². The van der Waals surface area contributed by atoms with Crippen LogP contribution in [0, 0.1) is 0 Å². The minimum atomic E-state index is -3.45. The second-order valence-corrected chi connectivity index (χ2v) is 9.24. The van der Waals surface area contributed by atoms with E-state index in [1.54, 1.807) is 6.08 Å². The average Bonchev–Trinajstić information content (AvgIpc) is 3.15. The number of hydrogen-bond acceptors (Lipinski definition) is 6. The van der Waals surface area contributed by atoms with Crippen LogP contribution in [0.2, 0.25) is 0 Å². The van der Waals surface area contributed by atoms with Crippen LogP contribution in [0.4, 0.5) is 5.95 Å². The largest absolute Gasteiger partial charge is 0.395 e. The molecule has 0 aliphatic carbocycles. The first-order valence-corrected chi connectivity index (χ1v) is 11.8. The van der Waals surface area contributed by atoms with Crippen molar-refractivity contribution in [1.29, 1.82) is 0 Å². The van der Waals surface area contributed by atoms with Crippen LogP contribution in [-0.2, 0) is 16.7 Å². The second-order valence-electron chi connectivity index (χ2n) is 7.42. The quantitative estimate of drug-likeness (QED) is 0.556. The summed E-state index contributed by atoms with van der Waals surface area (Å²) in [5.41, 5.74) is 2.75. The lowest BCUT2D eigenvalue weighted by atomic mass is 10.2. The molecule has 0 bridgehead atoms. The van der Waals surface area contributed by atoms with Gasteiger partial charge in [-0.15, -0.1) is 0 Å². The Labute approximate surface area is 182 Å². The average molecular weight is 442 g/mol. The smallest absolute Gasteiger partial charge is 0.236 e. The molecule has 4 rings (SSSR count). The van der Waals surface area contributed by atoms with Gasteiger partial charge in [-0.2, -0.15) is 4.31 Å². The first kappa shape index (κ1) is 21.5. The monoisotopic (exact) mass is 441 g/mol. The molecule has 1 fully saturated rings. The molecule has 9 heteroatoms. The van der Waals surface area contributed by atoms with Gasteiger partial charge in [0.05, 0.1) is 24.3 Å². The molecule has 2 N–H and O–H groups in total. The van der Waals surface area contributed by atoms with Crippen molar-refractivity contribution >= 4 is 33.1 Å². The fraction of sp³-hybridized carbons (Fsp3) is 0.318. The van der Waals surface area contributed by atoms with Crippen molar-refractivity contribution in [3.63, 3.8) is 0 Å². The number of aliphatic hydroxyl groups is 1. The molecule has 31 heavy (non-hydrogen) atoms. The summed E-state index contributed by atoms with van der Waals surface area (Å²) in [4.78, 5) is 6.84. The number of nitrogens with zero attached hydrogens (tertiary/aromatic N) is 4. The molecule has 0 saturated carbocycles. The van der Waals surface area contributed by atoms with Gasteiger partial charge in [-0.1, -0.05) is 42.5 Å². The number of fused-ring (bicyclic) bond motifs is 1. The van der Waals surface area contributed by atoms with Crippen molar-refractivity contribution in [2.75, 3.05) is 44.6 Å². The standard InChI is InChI=1S/C22H27N5O3S/c28-16-11-23-22-24-20-8-4-5-9-21(20)27(22)18-25-12-14-26(15-13-25)31(29,30)17-10-19-6-2-1-3-7-19/h1-10,17,28H,11-16,18H2,(H,23,24). The zero-order valence-corrected chi connectivity index (χ0v) is 18.1. The fourth-order valence-corrected chi connectivity index (χ4v) is 4.84. The SMILES string of the molecule is O=S(=O)(C=Cc1ccccc1)N1CCN(Cn2c(NCCO)nc3ccccc32)CC1. The topological polar surface area (TPSA) is 90.7 Å². The molecule has 0 unspecified atom stereocenters. The molecule has 1 aliphatic heterocycles. The van der Waals surface area contributed by atoms with Crippen molar-refractivity contribution in [1.82, 2.24) is 18.8 Å². The van der Waals surface area contributed by atoms with Crippen molar-refractivity contribution in [2.45, 2.75) is 6.67 Å². The zero-order valence-electron chi connectivity index (χ0n) is 17.3. The molecular formula is C22H27N5O3S. The van der Waals surface area contributed by atoms with Crippen LogP contribution in [-0.4, -0.2) is 71.6 Å². The van der Waals surface area contributed by atoms with Gasteiger partial charge in [0.15, 0.2) is 0 Å². The molecule has 2 heterocycles. The first-order valence-electron chi connectivity index (χ1n) is 10.3. The first-order chi connectivity index (χ1) is 15.1. The number of sulfonamides is 1. The van der Waals surface area contributed by atoms with E-state index >= 15 is 0 Å². The molecule has 0 radical (unpaired) electrons. The summed E-state index contributed by atoms with van der Waals surface area (Å²) >= 11 is 0. The second kappa shape index (κ2) is 9.61. The summed E-state index contributed by atoms with van der Waals surface area (Å²) < 4.78 is 29.0. The number of piperazine rings is 1. The van der Waals surface area contributed by atoms with Crippen LogP contribution in [0.1, 0.15) is 5.56 Å². The van der Waals surface area contributed by atoms with Gasteiger partial charge >= 0.3 is 0 Å². The summed E-state index contributed by atoms with van der Waals surface area (Å²) in [6.45, 7) is 3.18. The molecule has 0 amide bonds. The van der Waals surface area contributed by atoms with Crippen LogP contribution in [0.3, 0.4) is 0 Å². The third-order valence-corrected chi connectivity index (χ3v) is 6.88. The minimum absolute atomic E-state index is 0.0240. The molecule has 1 aliphatic rings. The number of imidazole rings is 1. The van der Waals surface area contributed by atoms with E-state index in [0.29, 0.717) is 45.3 Å². The maximum Gasteiger partial charge on any atom is 0.236 e. The number of benzene rings is 2. The molecule has 0 atom stereocenters. The van der Waals surface area contributed by atoms with Gasteiger partial charge in [-0.25, -0.2) is 13.4 Å². The summed E-state index contributed by atoms with van der Waals surface area (Å²) in [5.74, 6) is 0.705. The number of aliphatic hydroxyl groups excluding tert-OH is 1. The van der Waals surface area contributed by atoms with Gasteiger partial charge in [0, 0.05) is 38.1 Å². The number of anilines is 1. The zero-order chi connectivity index (χ0) is 21.7. The van der Waals surface area contributed by atoms with Crippen LogP contribution in [0.25, 0.3) is 17.1 Å². The summed E-state index contributed by atoms with van der Waals surface area (Å²) in [6, 6.07) is 17.3. The van der Waals surface area contributed by atoms with Crippen molar-refractivity contribution < 1.29 is 13.5 Å². The summed E-state index contributed by atoms with van der Waals surface area (Å²) in [6.07, 6.45) is 1.64. The number of aromatic nitrogens is 2. The Hall–Kier alpha value is -2.72. The van der Waals surface area contributed by atoms with Gasteiger partial charge in [-0.05, 0) is 23.8 Å². The Morgan fingerprint density at radius 3 is 2.45 bits per heavy atom. The minimum Gasteiger partial charge on any atom is -0.395 e. The van der Waals surface area contributed by atoms with Gasteiger partial charge in [0.2, 0.25) is 16.0 Å². The Balaban J connectivity index is 1.42. The predicted molar refractivity (Wildman–Crippen MR) is 123 cm³/mol. The highest BCUT2D eigenvalue weighted by molar-refractivity contribution is 7.92. The van der Waals surface area contributed by atoms with E-state index < -0.39 is 10.0 Å². The molecule has 1 saturated heterocycles. The van der Waals surface area contributed by atoms with E-state index in [2.05, 4.69) is 19.8 Å². The van der Waals surface area contributed by atoms with Crippen LogP contribution >= 0.6 is 0 Å². The summed E-state index contributed by atoms with van der Waals surface area (Å²) in [7, 11) is -3.45. The van der Waals surface area contributed by atoms with E-state index in [1.807, 2.05) is 54.6 Å². The van der Waals surface area contributed by atoms with E-state index in [9.17, 15) is 8.42 Å². The molecule has 2 aromatic carbocycles. The lowest BCUT2D eigenvalue weighted by Gasteiger charge is -2.33. The van der Waals surface area contributed by atoms with Crippen molar-refractivity contribution in [3.8, 4) is 0 Å². The third kappa shape index (κ3) is 5.13. The lowest BCUT2D eigenvalue weighted by molar-refractivity contribution is 0.156. The van der Waals surface area contributed by atoms with Crippen molar-refractivity contribution in [2.24, 2.45) is 0 Å². The Bertz CT molecular complexity index is 1140. The number of rotatable bonds is 8. The highest BCUT2D eigenvalue weighted by Crippen LogP contribution is 2.21. The normalized spacial score (nSPS) is 16.3. The van der Waals surface area contributed by atoms with E-state index in [-0.39, 0.29) is 6.61 Å². The number of hydrogen-bond donors (Lipinski definition) is 2. The molecule has 3 aromatic rings. The number of para-hydroxylation sites is 2. The van der Waals surface area contributed by atoms with Gasteiger partial charge < -0.3 is 10.4 Å². The molecule has 164 valence electrons. The number of nitrogens with one attached hydrogen (secondary N) is 1. The van der Waals surface area contributed by atoms with E-state index in [4.69, 9.17) is 5.11 Å². The van der Waals surface area contributed by atoms with Gasteiger partial charge in [-0.3, -0.25) is 9.47 Å². The molecule has 8 nitrogen and oxygen atoms in total. The van der Waals surface area contributed by atoms with Crippen LogP contribution in [0.15, 0.2) is 60.0 Å². The lowest BCUT2D eigenvalue weighted by Crippen LogP contribution is -2.48. The third-order valence-electron chi connectivity index (χ3n) is 5.31. The van der Waals surface area contributed by atoms with Gasteiger partial charge in [0.1, 0.15) is 0 Å². The van der Waals surface area contributed by atoms with E-state index in [0.717, 1.165) is 16.6 Å². The Kier molecular flexibility index (Phi) is 6.67. The molecule has 1 aromatic heterocycles. The molecular weight excluding hydrogens is 414 g/mol. The van der Waals surface area contributed by atoms with Crippen LogP contribution in [0.5, 0.6) is 0 Å². The molecule has 0 spiro atoms. The Morgan fingerprint density at radius 1 is 1.00 bits per heavy atom. The Morgan fingerprint density at radius 2 is 1.71 bits per heavy atom. The predicted octanol–water partition coefficient (Wildman–Crippen LogP) is 2.02. The van der Waals surface area contributed by atoms with E-state index in [1.165, 1.54) is 9.71 Å². The highest BCUT2D eigenvalue weighted by Gasteiger charge is 2.25.